The number of hydrogen-bond acceptors (Lipinski definition) is 16. The molecule has 2 heterocycles. The quantitative estimate of drug-likeness (QED) is 0.0873. The SMILES string of the molecule is CC(=O)OC1CC(C)OC(C)O1.CC(=O)OC1CC(C)OC(C)O1.O=C(NCO)NCO.O=S([O-])OS(=O)[O-].[K+].[K+]. The van der Waals surface area contributed by atoms with Gasteiger partial charge in [0, 0.05) is 26.7 Å². The zero-order chi connectivity index (χ0) is 30.5. The predicted octanol–water partition coefficient (Wildman–Crippen LogP) is -7.12. The fraction of sp³-hybridized carbons (Fsp3) is 0.842. The molecule has 2 amide bonds. The van der Waals surface area contributed by atoms with Crippen molar-refractivity contribution >= 4 is 40.7 Å². The molecule has 2 fully saturated rings. The Kier molecular flexibility index (Phi) is 36.2. The maximum Gasteiger partial charge on any atom is 1.00 e. The van der Waals surface area contributed by atoms with Gasteiger partial charge in [-0.05, 0) is 27.7 Å². The normalized spacial score (nSPS) is 25.9. The van der Waals surface area contributed by atoms with E-state index in [9.17, 15) is 31.9 Å². The molecule has 0 saturated carbocycles. The predicted molar refractivity (Wildman–Crippen MR) is 127 cm³/mol. The van der Waals surface area contributed by atoms with Crippen molar-refractivity contribution in [2.75, 3.05) is 13.5 Å². The fourth-order valence-corrected chi connectivity index (χ4v) is 3.05. The molecule has 2 aliphatic rings. The number of carbonyl (C=O) groups excluding carboxylic acids is 3. The van der Waals surface area contributed by atoms with E-state index >= 15 is 0 Å². The van der Waals surface area contributed by atoms with Crippen LogP contribution in [0.3, 0.4) is 0 Å². The molecule has 0 aromatic heterocycles. The molecule has 4 N–H and O–H groups in total. The Hall–Kier alpha value is 1.42. The Balaban J connectivity index is -0.000000225. The number of carbonyl (C=O) groups is 3. The van der Waals surface area contributed by atoms with Crippen molar-refractivity contribution in [3.63, 3.8) is 0 Å². The second-order valence-electron chi connectivity index (χ2n) is 7.33. The van der Waals surface area contributed by atoms with Crippen LogP contribution in [0.2, 0.25) is 0 Å². The van der Waals surface area contributed by atoms with Crippen LogP contribution in [0.5, 0.6) is 0 Å². The standard InChI is InChI=1S/2C8H14O4.C3H8N2O3.2K.H2O5S2/c2*1-5-4-8(11-6(2)9)12-7(3)10-5;6-1-4-3(8)5-2-7;;;1-6(2)5-7(3)4/h2*5,7-8H,4H2,1-3H3;6-7H,1-2H2,(H2,4,5,8);;;(H,1,2)(H,3,4)/q;;;2*+1;/p-2. The van der Waals surface area contributed by atoms with E-state index in [4.69, 9.17) is 38.6 Å². The molecule has 18 nitrogen and oxygen atoms in total. The molecule has 2 aliphatic heterocycles. The van der Waals surface area contributed by atoms with Gasteiger partial charge in [-0.1, -0.05) is 0 Å². The first kappa shape index (κ1) is 49.3. The second kappa shape index (κ2) is 30.1. The molecule has 2 rings (SSSR count). The van der Waals surface area contributed by atoms with Crippen molar-refractivity contribution in [1.29, 1.82) is 0 Å². The first-order valence-corrected chi connectivity index (χ1v) is 13.2. The topological polar surface area (TPSA) is 261 Å². The zero-order valence-corrected chi connectivity index (χ0v) is 32.1. The summed E-state index contributed by atoms with van der Waals surface area (Å²) in [6.45, 7) is 9.31. The van der Waals surface area contributed by atoms with Gasteiger partial charge in [0.25, 0.3) is 0 Å². The molecule has 41 heavy (non-hydrogen) atoms. The molecule has 0 aromatic rings. The first-order valence-electron chi connectivity index (χ1n) is 11.2. The monoisotopic (exact) mass is 690 g/mol. The van der Waals surface area contributed by atoms with Crippen LogP contribution in [0.25, 0.3) is 0 Å². The van der Waals surface area contributed by atoms with Gasteiger partial charge in [0.2, 0.25) is 12.6 Å². The van der Waals surface area contributed by atoms with E-state index in [0.717, 1.165) is 0 Å². The third-order valence-corrected chi connectivity index (χ3v) is 4.66. The third-order valence-electron chi connectivity index (χ3n) is 3.77. The van der Waals surface area contributed by atoms with Gasteiger partial charge in [-0.2, -0.15) is 0 Å². The van der Waals surface area contributed by atoms with Gasteiger partial charge < -0.3 is 58.4 Å². The smallest absolute Gasteiger partial charge is 0.749 e. The summed E-state index contributed by atoms with van der Waals surface area (Å²) in [6.07, 6.45) is -0.108. The molecule has 0 spiro atoms. The molecule has 0 aliphatic carbocycles. The number of aliphatic hydroxyl groups is 2. The summed E-state index contributed by atoms with van der Waals surface area (Å²) >= 11 is -5.92. The van der Waals surface area contributed by atoms with Gasteiger partial charge in [-0.25, -0.2) is 16.8 Å². The fourth-order valence-electron chi connectivity index (χ4n) is 2.68. The number of esters is 2. The number of amides is 2. The van der Waals surface area contributed by atoms with E-state index < -0.39 is 54.8 Å². The Morgan fingerprint density at radius 2 is 1.07 bits per heavy atom. The van der Waals surface area contributed by atoms with Crippen molar-refractivity contribution in [3.05, 3.63) is 0 Å². The van der Waals surface area contributed by atoms with Crippen molar-refractivity contribution in [2.45, 2.75) is 91.8 Å². The van der Waals surface area contributed by atoms with E-state index in [2.05, 4.69) is 3.63 Å². The minimum Gasteiger partial charge on any atom is -0.749 e. The number of aliphatic hydroxyl groups excluding tert-OH is 2. The van der Waals surface area contributed by atoms with Crippen molar-refractivity contribution in [1.82, 2.24) is 10.6 Å². The van der Waals surface area contributed by atoms with Crippen molar-refractivity contribution in [3.8, 4) is 0 Å². The van der Waals surface area contributed by atoms with Crippen LogP contribution in [0, 0.1) is 0 Å². The van der Waals surface area contributed by atoms with Gasteiger partial charge in [0.1, 0.15) is 13.5 Å². The van der Waals surface area contributed by atoms with E-state index in [1.807, 2.05) is 24.5 Å². The van der Waals surface area contributed by atoms with Gasteiger partial charge in [0.05, 0.1) is 34.9 Å². The van der Waals surface area contributed by atoms with Crippen molar-refractivity contribution < 1.29 is 177 Å². The maximum absolute atomic E-state index is 10.6. The summed E-state index contributed by atoms with van der Waals surface area (Å²) in [5.74, 6) is -0.636. The minimum absolute atomic E-state index is 0. The van der Waals surface area contributed by atoms with E-state index in [0.29, 0.717) is 12.8 Å². The Morgan fingerprint density at radius 1 is 0.756 bits per heavy atom. The van der Waals surface area contributed by atoms with Crippen LogP contribution in [0.4, 0.5) is 4.79 Å². The zero-order valence-electron chi connectivity index (χ0n) is 24.2. The van der Waals surface area contributed by atoms with Crippen LogP contribution in [0.15, 0.2) is 0 Å². The van der Waals surface area contributed by atoms with E-state index in [1.54, 1.807) is 13.8 Å². The number of ether oxygens (including phenoxy) is 6. The second-order valence-corrected chi connectivity index (χ2v) is 8.69. The Bertz CT molecular complexity index is 694. The maximum atomic E-state index is 10.6. The van der Waals surface area contributed by atoms with Gasteiger partial charge in [0.15, 0.2) is 12.6 Å². The number of urea groups is 1. The summed E-state index contributed by atoms with van der Waals surface area (Å²) in [4.78, 5) is 31.3. The molecule has 6 atom stereocenters. The molecular formula is C19H36K2N2O16S2. The van der Waals surface area contributed by atoms with Crippen LogP contribution < -0.4 is 113 Å². The summed E-state index contributed by atoms with van der Waals surface area (Å²) < 4.78 is 70.6. The molecular weight excluding hydrogens is 655 g/mol. The first-order chi connectivity index (χ1) is 18.1. The largest absolute Gasteiger partial charge is 1.00 e. The average molecular weight is 691 g/mol. The molecule has 232 valence electrons. The van der Waals surface area contributed by atoms with Crippen LogP contribution in [0.1, 0.15) is 54.4 Å². The Labute approximate surface area is 328 Å². The molecule has 22 heteroatoms. The van der Waals surface area contributed by atoms with Crippen LogP contribution in [-0.2, 0) is 64.4 Å². The number of nitrogens with one attached hydrogen (secondary N) is 2. The van der Waals surface area contributed by atoms with Crippen LogP contribution >= 0.6 is 0 Å². The summed E-state index contributed by atoms with van der Waals surface area (Å²) in [6, 6.07) is -0.588. The van der Waals surface area contributed by atoms with Gasteiger partial charge >= 0.3 is 121 Å². The van der Waals surface area contributed by atoms with Gasteiger partial charge in [-0.15, -0.1) is 0 Å². The average Bonchev–Trinajstić information content (AvgIpc) is 2.72. The Morgan fingerprint density at radius 3 is 1.27 bits per heavy atom. The summed E-state index contributed by atoms with van der Waals surface area (Å²) in [7, 11) is 0. The minimum atomic E-state index is -2.96. The molecule has 6 unspecified atom stereocenters. The molecule has 0 aromatic carbocycles. The van der Waals surface area contributed by atoms with E-state index in [-0.39, 0.29) is 139 Å². The summed E-state index contributed by atoms with van der Waals surface area (Å²) in [5, 5.41) is 20.0. The molecule has 2 saturated heterocycles. The van der Waals surface area contributed by atoms with Gasteiger partial charge in [-0.3, -0.25) is 9.59 Å². The van der Waals surface area contributed by atoms with Crippen molar-refractivity contribution in [2.24, 2.45) is 0 Å². The van der Waals surface area contributed by atoms with E-state index in [1.165, 1.54) is 13.8 Å². The molecule has 0 bridgehead atoms. The number of rotatable bonds is 6. The summed E-state index contributed by atoms with van der Waals surface area (Å²) in [5.41, 5.74) is 0. The molecule has 0 radical (unpaired) electrons. The third kappa shape index (κ3) is 34.1. The van der Waals surface area contributed by atoms with Crippen LogP contribution in [-0.4, -0.2) is 96.5 Å². The number of hydrogen-bond donors (Lipinski definition) is 4.